The number of carbonyl (C=O) groups is 1. The number of rotatable bonds is 3. The molecule has 0 spiro atoms. The molecule has 2 atom stereocenters. The Morgan fingerprint density at radius 2 is 2.09 bits per heavy atom. The Hall–Kier alpha value is -1.31. The molecule has 3 heterocycles. The monoisotopic (exact) mass is 342 g/mol. The summed E-state index contributed by atoms with van der Waals surface area (Å²) in [5.41, 5.74) is 0. The number of β-amino-alcohol motifs (C(OH)–C–C–N with tert-alkyl or cyclic N) is 1. The van der Waals surface area contributed by atoms with Crippen molar-refractivity contribution in [3.05, 3.63) is 28.5 Å². The number of alkyl halides is 2. The third-order valence-corrected chi connectivity index (χ3v) is 5.34. The van der Waals surface area contributed by atoms with E-state index in [9.17, 15) is 18.7 Å². The molecule has 0 saturated carbocycles. The van der Waals surface area contributed by atoms with Crippen molar-refractivity contribution in [2.75, 3.05) is 26.2 Å². The first kappa shape index (κ1) is 16.5. The number of hydrogen-bond donors (Lipinski definition) is 1. The molecular formula is C16H20F2N2O2S. The van der Waals surface area contributed by atoms with Gasteiger partial charge < -0.3 is 10.0 Å². The molecule has 23 heavy (non-hydrogen) atoms. The van der Waals surface area contributed by atoms with Crippen LogP contribution in [-0.2, 0) is 4.79 Å². The molecule has 3 rings (SSSR count). The van der Waals surface area contributed by atoms with Crippen molar-refractivity contribution in [3.63, 3.8) is 0 Å². The minimum atomic E-state index is -2.60. The topological polar surface area (TPSA) is 43.8 Å². The van der Waals surface area contributed by atoms with Gasteiger partial charge in [-0.1, -0.05) is 6.07 Å². The summed E-state index contributed by atoms with van der Waals surface area (Å²) in [6, 6.07) is 3.59. The number of aliphatic hydroxyl groups excluding tert-OH is 1. The summed E-state index contributed by atoms with van der Waals surface area (Å²) in [6.07, 6.45) is 2.23. The van der Waals surface area contributed by atoms with Crippen molar-refractivity contribution >= 4 is 23.3 Å². The Bertz CT molecular complexity index is 567. The van der Waals surface area contributed by atoms with Crippen molar-refractivity contribution in [1.82, 2.24) is 9.80 Å². The van der Waals surface area contributed by atoms with Crippen LogP contribution in [0.4, 0.5) is 8.78 Å². The largest absolute Gasteiger partial charge is 0.390 e. The third kappa shape index (κ3) is 3.97. The normalized spacial score (nSPS) is 28.6. The molecule has 2 aliphatic heterocycles. The third-order valence-electron chi connectivity index (χ3n) is 4.50. The molecule has 1 aromatic rings. The molecule has 126 valence electrons. The SMILES string of the molecule is O=C(/C=C/c1cccs1)N1C[C@@H](O)[C@H](N2CCC(F)(F)CC2)C1. The fourth-order valence-electron chi connectivity index (χ4n) is 3.14. The molecule has 0 bridgehead atoms. The van der Waals surface area contributed by atoms with Crippen molar-refractivity contribution in [1.29, 1.82) is 0 Å². The molecule has 1 aromatic heterocycles. The van der Waals surface area contributed by atoms with Crippen LogP contribution >= 0.6 is 11.3 Å². The predicted molar refractivity (Wildman–Crippen MR) is 85.5 cm³/mol. The van der Waals surface area contributed by atoms with Crippen molar-refractivity contribution < 1.29 is 18.7 Å². The minimum absolute atomic E-state index is 0.151. The summed E-state index contributed by atoms with van der Waals surface area (Å²) in [4.78, 5) is 16.7. The maximum absolute atomic E-state index is 13.2. The Balaban J connectivity index is 1.57. The number of thiophene rings is 1. The van der Waals surface area contributed by atoms with Gasteiger partial charge in [0.15, 0.2) is 0 Å². The number of nitrogens with zero attached hydrogens (tertiary/aromatic N) is 2. The van der Waals surface area contributed by atoms with Crippen LogP contribution < -0.4 is 0 Å². The summed E-state index contributed by atoms with van der Waals surface area (Å²) in [7, 11) is 0. The van der Waals surface area contributed by atoms with Crippen LogP contribution in [0.1, 0.15) is 17.7 Å². The van der Waals surface area contributed by atoms with E-state index < -0.39 is 12.0 Å². The molecular weight excluding hydrogens is 322 g/mol. The van der Waals surface area contributed by atoms with Gasteiger partial charge >= 0.3 is 0 Å². The fourth-order valence-corrected chi connectivity index (χ4v) is 3.75. The summed E-state index contributed by atoms with van der Waals surface area (Å²) in [6.45, 7) is 1.18. The molecule has 0 aromatic carbocycles. The van der Waals surface area contributed by atoms with Gasteiger partial charge in [0.1, 0.15) is 0 Å². The van der Waals surface area contributed by atoms with Crippen LogP contribution in [0.5, 0.6) is 0 Å². The molecule has 0 unspecified atom stereocenters. The first-order valence-corrected chi connectivity index (χ1v) is 8.63. The van der Waals surface area contributed by atoms with Crippen molar-refractivity contribution in [2.45, 2.75) is 30.9 Å². The smallest absolute Gasteiger partial charge is 0.250 e. The molecule has 0 aliphatic carbocycles. The standard InChI is InChI=1S/C16H20F2N2O2S/c17-16(18)5-7-19(8-6-16)13-10-20(11-14(13)21)15(22)4-3-12-2-1-9-23-12/h1-4,9,13-14,21H,5-8,10-11H2/b4-3+/t13-,14-/m1/s1. The Morgan fingerprint density at radius 1 is 1.35 bits per heavy atom. The Morgan fingerprint density at radius 3 is 2.74 bits per heavy atom. The maximum atomic E-state index is 13.2. The van der Waals surface area contributed by atoms with Gasteiger partial charge in [-0.25, -0.2) is 8.78 Å². The van der Waals surface area contributed by atoms with E-state index in [4.69, 9.17) is 0 Å². The lowest BCUT2D eigenvalue weighted by Crippen LogP contribution is -2.49. The van der Waals surface area contributed by atoms with Gasteiger partial charge in [-0.3, -0.25) is 9.69 Å². The molecule has 2 fully saturated rings. The highest BCUT2D eigenvalue weighted by atomic mass is 32.1. The summed E-state index contributed by atoms with van der Waals surface area (Å²) in [5.74, 6) is -2.75. The number of amides is 1. The summed E-state index contributed by atoms with van der Waals surface area (Å²) in [5, 5.41) is 12.1. The number of halogens is 2. The van der Waals surface area contributed by atoms with Gasteiger partial charge in [0.05, 0.1) is 12.1 Å². The van der Waals surface area contributed by atoms with E-state index in [1.165, 1.54) is 6.08 Å². The highest BCUT2D eigenvalue weighted by Gasteiger charge is 2.42. The molecule has 1 N–H and O–H groups in total. The van der Waals surface area contributed by atoms with Crippen LogP contribution in [0.2, 0.25) is 0 Å². The zero-order valence-corrected chi connectivity index (χ0v) is 13.5. The van der Waals surface area contributed by atoms with E-state index in [-0.39, 0.29) is 44.4 Å². The van der Waals surface area contributed by atoms with Crippen molar-refractivity contribution in [2.24, 2.45) is 0 Å². The van der Waals surface area contributed by atoms with Crippen LogP contribution in [0, 0.1) is 0 Å². The second-order valence-corrected chi connectivity index (χ2v) is 7.10. The summed E-state index contributed by atoms with van der Waals surface area (Å²) >= 11 is 1.54. The average Bonchev–Trinajstić information content (AvgIpc) is 3.14. The number of carbonyl (C=O) groups excluding carboxylic acids is 1. The molecule has 2 saturated heterocycles. The second kappa shape index (κ2) is 6.67. The molecule has 1 amide bonds. The van der Waals surface area contributed by atoms with Crippen LogP contribution in [0.15, 0.2) is 23.6 Å². The Kier molecular flexibility index (Phi) is 4.79. The van der Waals surface area contributed by atoms with E-state index in [0.29, 0.717) is 6.54 Å². The molecule has 4 nitrogen and oxygen atoms in total. The van der Waals surface area contributed by atoms with Gasteiger partial charge in [0.25, 0.3) is 5.92 Å². The first-order valence-electron chi connectivity index (χ1n) is 7.75. The van der Waals surface area contributed by atoms with E-state index in [0.717, 1.165) is 4.88 Å². The summed E-state index contributed by atoms with van der Waals surface area (Å²) < 4.78 is 26.5. The minimum Gasteiger partial charge on any atom is -0.390 e. The number of piperidine rings is 1. The van der Waals surface area contributed by atoms with Crippen LogP contribution in [0.25, 0.3) is 6.08 Å². The number of hydrogen-bond acceptors (Lipinski definition) is 4. The van der Waals surface area contributed by atoms with Gasteiger partial charge in [-0.2, -0.15) is 0 Å². The van der Waals surface area contributed by atoms with Gasteiger partial charge in [-0.05, 0) is 17.5 Å². The zero-order chi connectivity index (χ0) is 16.4. The number of aliphatic hydroxyl groups is 1. The quantitative estimate of drug-likeness (QED) is 0.855. The number of likely N-dealkylation sites (tertiary alicyclic amines) is 2. The van der Waals surface area contributed by atoms with Crippen molar-refractivity contribution in [3.8, 4) is 0 Å². The van der Waals surface area contributed by atoms with Crippen LogP contribution in [-0.4, -0.2) is 65.1 Å². The highest BCUT2D eigenvalue weighted by molar-refractivity contribution is 7.10. The van der Waals surface area contributed by atoms with E-state index >= 15 is 0 Å². The second-order valence-electron chi connectivity index (χ2n) is 6.12. The van der Waals surface area contributed by atoms with E-state index in [1.54, 1.807) is 22.3 Å². The maximum Gasteiger partial charge on any atom is 0.250 e. The lowest BCUT2D eigenvalue weighted by Gasteiger charge is -2.36. The Labute approximate surface area is 138 Å². The van der Waals surface area contributed by atoms with Gasteiger partial charge in [-0.15, -0.1) is 11.3 Å². The van der Waals surface area contributed by atoms with Crippen LogP contribution in [0.3, 0.4) is 0 Å². The first-order chi connectivity index (χ1) is 10.9. The fraction of sp³-hybridized carbons (Fsp3) is 0.562. The average molecular weight is 342 g/mol. The lowest BCUT2D eigenvalue weighted by molar-refractivity contribution is -0.125. The van der Waals surface area contributed by atoms with Gasteiger partial charge in [0, 0.05) is 50.0 Å². The highest BCUT2D eigenvalue weighted by Crippen LogP contribution is 2.30. The zero-order valence-electron chi connectivity index (χ0n) is 12.7. The van der Waals surface area contributed by atoms with E-state index in [1.807, 2.05) is 22.4 Å². The molecule has 2 aliphatic rings. The molecule has 7 heteroatoms. The van der Waals surface area contributed by atoms with Gasteiger partial charge in [0.2, 0.25) is 5.91 Å². The predicted octanol–water partition coefficient (Wildman–Crippen LogP) is 2.06. The van der Waals surface area contributed by atoms with E-state index in [2.05, 4.69) is 0 Å². The molecule has 0 radical (unpaired) electrons. The lowest BCUT2D eigenvalue weighted by atomic mass is 10.0.